The molecule has 5 heteroatoms. The van der Waals surface area contributed by atoms with Gasteiger partial charge < -0.3 is 0 Å². The summed E-state index contributed by atoms with van der Waals surface area (Å²) in [5, 5.41) is 0. The van der Waals surface area contributed by atoms with Gasteiger partial charge in [-0.3, -0.25) is 0 Å². The molecule has 0 aliphatic heterocycles. The Balaban J connectivity index is 4.33. The Morgan fingerprint density at radius 1 is 1.10 bits per heavy atom. The number of alkyl halides is 1. The van der Waals surface area contributed by atoms with Crippen LogP contribution in [-0.2, 0) is 0 Å². The van der Waals surface area contributed by atoms with E-state index in [0.717, 1.165) is 0 Å². The van der Waals surface area contributed by atoms with Gasteiger partial charge in [0.1, 0.15) is 0 Å². The molecule has 0 radical (unpaired) electrons. The fourth-order valence-corrected chi connectivity index (χ4v) is 3.86. The minimum absolute atomic E-state index is 0.572. The molecule has 0 saturated carbocycles. The summed E-state index contributed by atoms with van der Waals surface area (Å²) in [7, 11) is 0. The van der Waals surface area contributed by atoms with Crippen LogP contribution in [0.5, 0.6) is 0 Å². The van der Waals surface area contributed by atoms with Crippen molar-refractivity contribution in [2.75, 3.05) is 0 Å². The lowest BCUT2D eigenvalue weighted by molar-refractivity contribution is 0.705. The van der Waals surface area contributed by atoms with Crippen LogP contribution >= 0.6 is 44.8 Å². The summed E-state index contributed by atoms with van der Waals surface area (Å²) in [4.78, 5) is 0. The second-order valence-corrected chi connectivity index (χ2v) is 12.0. The van der Waals surface area contributed by atoms with E-state index in [1.165, 1.54) is 0 Å². The highest BCUT2D eigenvalue weighted by Gasteiger charge is 2.47. The third-order valence-corrected chi connectivity index (χ3v) is 8.86. The number of hydrogen-bond acceptors (Lipinski definition) is 0. The quantitative estimate of drug-likeness (QED) is 0.397. The average Bonchev–Trinajstić information content (AvgIpc) is 1.84. The molecule has 0 aliphatic carbocycles. The Kier molecular flexibility index (Phi) is 4.39. The molecule has 0 aliphatic rings. The minimum Gasteiger partial charge on any atom is -0.124 e. The van der Waals surface area contributed by atoms with Gasteiger partial charge in [0, 0.05) is 0 Å². The fraction of sp³-hybridized carbons (Fsp3) is 1.00. The molecule has 0 aromatic carbocycles. The van der Waals surface area contributed by atoms with E-state index >= 15 is 0 Å². The molecule has 0 nitrogen and oxygen atoms in total. The molecule has 0 N–H and O–H groups in total. The van der Waals surface area contributed by atoms with Gasteiger partial charge in [0.2, 0.25) is 0 Å². The van der Waals surface area contributed by atoms with Gasteiger partial charge in [-0.05, 0) is 12.8 Å². The van der Waals surface area contributed by atoms with Crippen molar-refractivity contribution in [3.8, 4) is 0 Å². The summed E-state index contributed by atoms with van der Waals surface area (Å²) in [5.41, 5.74) is 0. The Hall–Kier alpha value is 1.38. The van der Waals surface area contributed by atoms with Crippen molar-refractivity contribution in [1.29, 1.82) is 0 Å². The van der Waals surface area contributed by atoms with Crippen LogP contribution < -0.4 is 0 Å². The molecule has 0 saturated heterocycles. The van der Waals surface area contributed by atoms with Gasteiger partial charge in [-0.1, -0.05) is 13.8 Å². The molecular formula is C5H10Cl4Si. The summed E-state index contributed by atoms with van der Waals surface area (Å²) >= 11 is 23.4. The highest BCUT2D eigenvalue weighted by molar-refractivity contribution is 7.67. The van der Waals surface area contributed by atoms with E-state index in [1.54, 1.807) is 0 Å². The molecule has 0 rings (SSSR count). The Morgan fingerprint density at radius 3 is 1.40 bits per heavy atom. The topological polar surface area (TPSA) is 0 Å². The van der Waals surface area contributed by atoms with Crippen LogP contribution in [0, 0.1) is 0 Å². The van der Waals surface area contributed by atoms with Gasteiger partial charge in [0.25, 0.3) is 0 Å². The van der Waals surface area contributed by atoms with Crippen LogP contribution in [-0.4, -0.2) is 10.5 Å². The van der Waals surface area contributed by atoms with Gasteiger partial charge >= 0.3 is 6.00 Å². The first-order valence-corrected chi connectivity index (χ1v) is 8.54. The van der Waals surface area contributed by atoms with Gasteiger partial charge in [-0.25, -0.2) is 0 Å². The maximum atomic E-state index is 6.05. The van der Waals surface area contributed by atoms with Crippen molar-refractivity contribution in [1.82, 2.24) is 0 Å². The molecule has 0 atom stereocenters. The van der Waals surface area contributed by atoms with Crippen LogP contribution in [0.1, 0.15) is 26.7 Å². The summed E-state index contributed by atoms with van der Waals surface area (Å²) in [5.74, 6) is 0. The number of halogens is 4. The lowest BCUT2D eigenvalue weighted by atomic mass is 10.2. The minimum atomic E-state index is -2.73. The molecule has 0 unspecified atom stereocenters. The van der Waals surface area contributed by atoms with E-state index in [2.05, 4.69) is 0 Å². The highest BCUT2D eigenvalue weighted by Crippen LogP contribution is 2.42. The number of hydrogen-bond donors (Lipinski definition) is 0. The van der Waals surface area contributed by atoms with Crippen molar-refractivity contribution in [2.45, 2.75) is 31.2 Å². The zero-order chi connectivity index (χ0) is 8.41. The van der Waals surface area contributed by atoms with Crippen molar-refractivity contribution >= 4 is 50.8 Å². The van der Waals surface area contributed by atoms with E-state index in [9.17, 15) is 0 Å². The van der Waals surface area contributed by atoms with Crippen LogP contribution in [0.25, 0.3) is 0 Å². The Labute approximate surface area is 81.9 Å². The van der Waals surface area contributed by atoms with E-state index in [1.807, 2.05) is 13.8 Å². The second-order valence-electron chi connectivity index (χ2n) is 2.17. The van der Waals surface area contributed by atoms with Crippen molar-refractivity contribution < 1.29 is 0 Å². The van der Waals surface area contributed by atoms with Crippen molar-refractivity contribution in [3.63, 3.8) is 0 Å². The van der Waals surface area contributed by atoms with Crippen LogP contribution in [0.4, 0.5) is 0 Å². The zero-order valence-corrected chi connectivity index (χ0v) is 9.95. The summed E-state index contributed by atoms with van der Waals surface area (Å²) in [6.07, 6.45) is 1.43. The zero-order valence-electron chi connectivity index (χ0n) is 5.93. The molecule has 62 valence electrons. The molecule has 0 aromatic heterocycles. The SMILES string of the molecule is CCC(Cl)(CC)[Si](Cl)(Cl)Cl. The van der Waals surface area contributed by atoms with Crippen molar-refractivity contribution in [2.24, 2.45) is 0 Å². The van der Waals surface area contributed by atoms with Crippen LogP contribution in [0.2, 0.25) is 0 Å². The van der Waals surface area contributed by atoms with Gasteiger partial charge in [-0.15, -0.1) is 44.8 Å². The van der Waals surface area contributed by atoms with Gasteiger partial charge in [0.05, 0.1) is 4.50 Å². The van der Waals surface area contributed by atoms with E-state index in [-0.39, 0.29) is 0 Å². The largest absolute Gasteiger partial charge is 0.361 e. The fourth-order valence-electron chi connectivity index (χ4n) is 0.651. The smallest absolute Gasteiger partial charge is 0.124 e. The lowest BCUT2D eigenvalue weighted by Gasteiger charge is -2.29. The predicted octanol–water partition coefficient (Wildman–Crippen LogP) is 3.98. The third kappa shape index (κ3) is 2.45. The Morgan fingerprint density at radius 2 is 1.40 bits per heavy atom. The first-order valence-electron chi connectivity index (χ1n) is 3.13. The summed E-state index contributed by atoms with van der Waals surface area (Å²) < 4.78 is -0.572. The molecule has 0 heterocycles. The summed E-state index contributed by atoms with van der Waals surface area (Å²) in [6.45, 7) is 3.87. The van der Waals surface area contributed by atoms with Gasteiger partial charge in [-0.2, -0.15) is 0 Å². The average molecular weight is 240 g/mol. The van der Waals surface area contributed by atoms with E-state index in [4.69, 9.17) is 44.8 Å². The molecule has 0 spiro atoms. The second kappa shape index (κ2) is 3.86. The summed E-state index contributed by atoms with van der Waals surface area (Å²) in [6, 6.07) is -2.73. The predicted molar refractivity (Wildman–Crippen MR) is 52.5 cm³/mol. The molecule has 0 bridgehead atoms. The Bertz CT molecular complexity index is 105. The van der Waals surface area contributed by atoms with Crippen LogP contribution in [0.3, 0.4) is 0 Å². The van der Waals surface area contributed by atoms with Crippen LogP contribution in [0.15, 0.2) is 0 Å². The van der Waals surface area contributed by atoms with E-state index in [0.29, 0.717) is 12.8 Å². The molecule has 0 amide bonds. The standard InChI is InChI=1S/C5H10Cl4Si/c1-3-5(6,4-2)10(7,8)9/h3-4H2,1-2H3. The molecule has 0 aromatic rings. The number of rotatable bonds is 3. The maximum Gasteiger partial charge on any atom is 0.361 e. The van der Waals surface area contributed by atoms with Gasteiger partial charge in [0.15, 0.2) is 0 Å². The first kappa shape index (κ1) is 11.4. The third-order valence-electron chi connectivity index (χ3n) is 1.63. The normalized spacial score (nSPS) is 13.8. The molecule has 0 fully saturated rings. The monoisotopic (exact) mass is 238 g/mol. The van der Waals surface area contributed by atoms with Crippen molar-refractivity contribution in [3.05, 3.63) is 0 Å². The maximum absolute atomic E-state index is 6.05. The first-order chi connectivity index (χ1) is 4.37. The highest BCUT2D eigenvalue weighted by atomic mass is 35.8. The van der Waals surface area contributed by atoms with E-state index < -0.39 is 10.5 Å². The molecule has 10 heavy (non-hydrogen) atoms. The molecular weight excluding hydrogens is 230 g/mol. The lowest BCUT2D eigenvalue weighted by Crippen LogP contribution is -2.40.